The third-order valence-electron chi connectivity index (χ3n) is 2.50. The summed E-state index contributed by atoms with van der Waals surface area (Å²) in [4.78, 5) is 16.3. The van der Waals surface area contributed by atoms with Crippen LogP contribution in [0.15, 0.2) is 33.7 Å². The first-order valence-corrected chi connectivity index (χ1v) is 6.26. The number of halogens is 1. The number of hydrogen-bond acceptors (Lipinski definition) is 3. The smallest absolute Gasteiger partial charge is 0.191 e. The average Bonchev–Trinajstić information content (AvgIpc) is 2.59. The number of aliphatic imine (C=N–C) groups is 1. The summed E-state index contributed by atoms with van der Waals surface area (Å²) < 4.78 is 6.37. The molecule has 0 aliphatic carbocycles. The Balaban J connectivity index is 2.05. The summed E-state index contributed by atoms with van der Waals surface area (Å²) in [6.45, 7) is 4.53. The Kier molecular flexibility index (Phi) is 3.33. The first-order chi connectivity index (χ1) is 7.96. The van der Waals surface area contributed by atoms with Gasteiger partial charge in [0.1, 0.15) is 6.61 Å². The predicted molar refractivity (Wildman–Crippen MR) is 70.6 cm³/mol. The van der Waals surface area contributed by atoms with Crippen LogP contribution in [-0.4, -0.2) is 23.8 Å². The molecule has 0 fully saturated rings. The van der Waals surface area contributed by atoms with Crippen molar-refractivity contribution in [3.05, 3.63) is 34.3 Å². The summed E-state index contributed by atoms with van der Waals surface area (Å²) in [6, 6.07) is 7.31. The molecule has 0 atom stereocenters. The maximum Gasteiger partial charge on any atom is 0.191 e. The molecule has 90 valence electrons. The van der Waals surface area contributed by atoms with Crippen molar-refractivity contribution in [3.63, 3.8) is 0 Å². The average molecular weight is 296 g/mol. The Morgan fingerprint density at radius 2 is 2.06 bits per heavy atom. The second-order valence-corrected chi connectivity index (χ2v) is 5.63. The Hall–Kier alpha value is -1.16. The topological polar surface area (TPSA) is 38.7 Å². The fourth-order valence-electron chi connectivity index (χ4n) is 1.63. The molecule has 0 saturated carbocycles. The lowest BCUT2D eigenvalue weighted by atomic mass is 10.1. The Morgan fingerprint density at radius 3 is 2.59 bits per heavy atom. The quantitative estimate of drug-likeness (QED) is 0.803. The van der Waals surface area contributed by atoms with Gasteiger partial charge in [-0.15, -0.1) is 0 Å². The van der Waals surface area contributed by atoms with Crippen molar-refractivity contribution in [2.75, 3.05) is 6.61 Å². The Labute approximate surface area is 109 Å². The van der Waals surface area contributed by atoms with Gasteiger partial charge < -0.3 is 4.74 Å². The molecule has 1 aromatic rings. The number of hydrogen-bond donors (Lipinski definition) is 0. The summed E-state index contributed by atoms with van der Waals surface area (Å²) >= 11 is 3.34. The van der Waals surface area contributed by atoms with E-state index in [2.05, 4.69) is 20.9 Å². The van der Waals surface area contributed by atoms with Crippen molar-refractivity contribution in [2.45, 2.75) is 25.8 Å². The van der Waals surface area contributed by atoms with E-state index in [-0.39, 0.29) is 17.7 Å². The monoisotopic (exact) mass is 295 g/mol. The van der Waals surface area contributed by atoms with E-state index in [4.69, 9.17) is 4.74 Å². The van der Waals surface area contributed by atoms with Crippen molar-refractivity contribution in [3.8, 4) is 0 Å². The van der Waals surface area contributed by atoms with Crippen molar-refractivity contribution < 1.29 is 9.53 Å². The molecular weight excluding hydrogens is 282 g/mol. The number of Topliss-reactive ketones (excluding diaryl/α,β-unsaturated/α-hetero) is 1. The van der Waals surface area contributed by atoms with E-state index < -0.39 is 0 Å². The van der Waals surface area contributed by atoms with E-state index in [1.54, 1.807) is 12.1 Å². The SMILES string of the molecule is CC1(C)COC(CC(=O)c2ccc(Br)cc2)=N1. The summed E-state index contributed by atoms with van der Waals surface area (Å²) in [7, 11) is 0. The lowest BCUT2D eigenvalue weighted by Crippen LogP contribution is -2.17. The van der Waals surface area contributed by atoms with Gasteiger partial charge in [-0.2, -0.15) is 0 Å². The van der Waals surface area contributed by atoms with Gasteiger partial charge in [0, 0.05) is 10.0 Å². The predicted octanol–water partition coefficient (Wildman–Crippen LogP) is 3.23. The molecule has 4 heteroatoms. The van der Waals surface area contributed by atoms with Gasteiger partial charge in [0.2, 0.25) is 0 Å². The van der Waals surface area contributed by atoms with E-state index in [1.165, 1.54) is 0 Å². The Morgan fingerprint density at radius 1 is 1.41 bits per heavy atom. The molecule has 2 rings (SSSR count). The molecule has 1 aromatic carbocycles. The van der Waals surface area contributed by atoms with Crippen LogP contribution in [0.2, 0.25) is 0 Å². The van der Waals surface area contributed by atoms with Gasteiger partial charge in [-0.1, -0.05) is 28.1 Å². The van der Waals surface area contributed by atoms with Crippen LogP contribution in [0.5, 0.6) is 0 Å². The third-order valence-corrected chi connectivity index (χ3v) is 3.03. The Bertz CT molecular complexity index is 463. The van der Waals surface area contributed by atoms with Gasteiger partial charge >= 0.3 is 0 Å². The lowest BCUT2D eigenvalue weighted by molar-refractivity contribution is 0.0994. The fraction of sp³-hybridized carbons (Fsp3) is 0.385. The maximum absolute atomic E-state index is 11.9. The molecule has 17 heavy (non-hydrogen) atoms. The van der Waals surface area contributed by atoms with Crippen LogP contribution in [-0.2, 0) is 4.74 Å². The standard InChI is InChI=1S/C13H14BrNO2/c1-13(2)8-17-12(15-13)7-11(16)9-3-5-10(14)6-4-9/h3-6H,7-8H2,1-2H3. The molecule has 1 heterocycles. The van der Waals surface area contributed by atoms with Gasteiger partial charge in [-0.05, 0) is 26.0 Å². The number of ether oxygens (including phenoxy) is 1. The third kappa shape index (κ3) is 3.16. The molecule has 0 amide bonds. The zero-order valence-electron chi connectivity index (χ0n) is 9.87. The van der Waals surface area contributed by atoms with Gasteiger partial charge in [0.05, 0.1) is 12.0 Å². The highest BCUT2D eigenvalue weighted by atomic mass is 79.9. The number of rotatable bonds is 3. The van der Waals surface area contributed by atoms with Crippen LogP contribution in [0.4, 0.5) is 0 Å². The van der Waals surface area contributed by atoms with E-state index in [1.807, 2.05) is 26.0 Å². The van der Waals surface area contributed by atoms with Crippen LogP contribution in [0.25, 0.3) is 0 Å². The zero-order valence-corrected chi connectivity index (χ0v) is 11.5. The van der Waals surface area contributed by atoms with Crippen LogP contribution >= 0.6 is 15.9 Å². The van der Waals surface area contributed by atoms with Gasteiger partial charge in [-0.3, -0.25) is 4.79 Å². The molecule has 0 radical (unpaired) electrons. The minimum Gasteiger partial charge on any atom is -0.478 e. The fourth-order valence-corrected chi connectivity index (χ4v) is 1.89. The molecule has 0 unspecified atom stereocenters. The van der Waals surface area contributed by atoms with Crippen LogP contribution < -0.4 is 0 Å². The number of benzene rings is 1. The normalized spacial score (nSPS) is 17.5. The second kappa shape index (κ2) is 4.61. The van der Waals surface area contributed by atoms with E-state index in [0.717, 1.165) is 4.47 Å². The van der Waals surface area contributed by atoms with Crippen molar-refractivity contribution >= 4 is 27.6 Å². The highest BCUT2D eigenvalue weighted by Crippen LogP contribution is 2.19. The van der Waals surface area contributed by atoms with E-state index >= 15 is 0 Å². The molecule has 0 saturated heterocycles. The van der Waals surface area contributed by atoms with Crippen molar-refractivity contribution in [1.82, 2.24) is 0 Å². The molecule has 0 N–H and O–H groups in total. The van der Waals surface area contributed by atoms with Crippen LogP contribution in [0, 0.1) is 0 Å². The summed E-state index contributed by atoms with van der Waals surface area (Å²) in [5, 5.41) is 0. The number of ketones is 1. The van der Waals surface area contributed by atoms with Crippen molar-refractivity contribution in [1.29, 1.82) is 0 Å². The van der Waals surface area contributed by atoms with Gasteiger partial charge in [0.15, 0.2) is 11.7 Å². The van der Waals surface area contributed by atoms with E-state index in [0.29, 0.717) is 18.1 Å². The highest BCUT2D eigenvalue weighted by Gasteiger charge is 2.27. The van der Waals surface area contributed by atoms with Crippen LogP contribution in [0.1, 0.15) is 30.6 Å². The molecule has 1 aliphatic heterocycles. The van der Waals surface area contributed by atoms with E-state index in [9.17, 15) is 4.79 Å². The minimum absolute atomic E-state index is 0.0361. The molecule has 1 aliphatic rings. The number of carbonyl (C=O) groups is 1. The first kappa shape index (κ1) is 12.3. The van der Waals surface area contributed by atoms with Gasteiger partial charge in [0.25, 0.3) is 0 Å². The van der Waals surface area contributed by atoms with Gasteiger partial charge in [-0.25, -0.2) is 4.99 Å². The first-order valence-electron chi connectivity index (χ1n) is 5.47. The molecule has 3 nitrogen and oxygen atoms in total. The highest BCUT2D eigenvalue weighted by molar-refractivity contribution is 9.10. The lowest BCUT2D eigenvalue weighted by Gasteiger charge is -2.07. The number of nitrogens with zero attached hydrogens (tertiary/aromatic N) is 1. The summed E-state index contributed by atoms with van der Waals surface area (Å²) in [5.74, 6) is 0.580. The molecule has 0 aromatic heterocycles. The molecular formula is C13H14BrNO2. The van der Waals surface area contributed by atoms with Crippen molar-refractivity contribution in [2.24, 2.45) is 4.99 Å². The summed E-state index contributed by atoms with van der Waals surface area (Å²) in [5.41, 5.74) is 0.485. The zero-order chi connectivity index (χ0) is 12.5. The second-order valence-electron chi connectivity index (χ2n) is 4.71. The minimum atomic E-state index is -0.199. The molecule has 0 spiro atoms. The molecule has 0 bridgehead atoms. The number of carbonyl (C=O) groups excluding carboxylic acids is 1. The maximum atomic E-state index is 11.9. The summed E-state index contributed by atoms with van der Waals surface area (Å²) in [6.07, 6.45) is 0.241. The largest absolute Gasteiger partial charge is 0.478 e. The van der Waals surface area contributed by atoms with Crippen LogP contribution in [0.3, 0.4) is 0 Å².